The van der Waals surface area contributed by atoms with E-state index in [2.05, 4.69) is 44.6 Å². The first kappa shape index (κ1) is 19.8. The molecule has 0 saturated carbocycles. The fraction of sp³-hybridized carbons (Fsp3) is 0.391. The Morgan fingerprint density at radius 3 is 2.48 bits per heavy atom. The summed E-state index contributed by atoms with van der Waals surface area (Å²) >= 11 is 0. The van der Waals surface area contributed by atoms with Gasteiger partial charge in [0.1, 0.15) is 12.7 Å². The van der Waals surface area contributed by atoms with E-state index in [4.69, 9.17) is 0 Å². The molecule has 152 valence electrons. The van der Waals surface area contributed by atoms with Gasteiger partial charge in [-0.2, -0.15) is 5.10 Å². The molecular formula is C23H29N5O. The summed E-state index contributed by atoms with van der Waals surface area (Å²) < 4.78 is 1.76. The summed E-state index contributed by atoms with van der Waals surface area (Å²) in [5, 5.41) is 18.2. The van der Waals surface area contributed by atoms with Crippen LogP contribution in [-0.2, 0) is 6.54 Å². The van der Waals surface area contributed by atoms with Gasteiger partial charge in [0.15, 0.2) is 0 Å². The minimum absolute atomic E-state index is 0.397. The van der Waals surface area contributed by atoms with Crippen LogP contribution in [0.5, 0.6) is 0 Å². The highest BCUT2D eigenvalue weighted by molar-refractivity contribution is 5.33. The van der Waals surface area contributed by atoms with Crippen LogP contribution in [0.1, 0.15) is 30.1 Å². The predicted octanol–water partition coefficient (Wildman–Crippen LogP) is 2.80. The third kappa shape index (κ3) is 5.50. The average molecular weight is 392 g/mol. The molecule has 1 aliphatic rings. The number of hydrogen-bond donors (Lipinski definition) is 2. The summed E-state index contributed by atoms with van der Waals surface area (Å²) in [5.41, 5.74) is 3.31. The molecule has 2 heterocycles. The maximum absolute atomic E-state index is 10.4. The number of likely N-dealkylation sites (tertiary alicyclic amines) is 1. The van der Waals surface area contributed by atoms with E-state index in [1.807, 2.05) is 30.3 Å². The number of hydrogen-bond acceptors (Lipinski definition) is 5. The molecule has 0 aliphatic carbocycles. The van der Waals surface area contributed by atoms with Crippen molar-refractivity contribution in [2.45, 2.75) is 25.5 Å². The molecule has 0 spiro atoms. The SMILES string of the molecule is OC(CN1CCC(CNCc2ccc(-n3cncn3)cc2)CC1)c1ccccc1. The van der Waals surface area contributed by atoms with Gasteiger partial charge < -0.3 is 15.3 Å². The molecule has 2 N–H and O–H groups in total. The summed E-state index contributed by atoms with van der Waals surface area (Å²) in [6, 6.07) is 18.4. The Balaban J connectivity index is 1.16. The van der Waals surface area contributed by atoms with E-state index < -0.39 is 6.10 Å². The summed E-state index contributed by atoms with van der Waals surface area (Å²) in [4.78, 5) is 6.37. The third-order valence-electron chi connectivity index (χ3n) is 5.70. The number of β-amino-alcohol motifs (C(OH)–C–C–N with tert-alkyl or cyclic N) is 1. The highest BCUT2D eigenvalue weighted by Gasteiger charge is 2.21. The summed E-state index contributed by atoms with van der Waals surface area (Å²) in [6.45, 7) is 4.76. The molecule has 0 amide bonds. The molecular weight excluding hydrogens is 362 g/mol. The number of piperidine rings is 1. The number of nitrogens with zero attached hydrogens (tertiary/aromatic N) is 4. The van der Waals surface area contributed by atoms with Crippen LogP contribution in [0.4, 0.5) is 0 Å². The van der Waals surface area contributed by atoms with Crippen LogP contribution < -0.4 is 5.32 Å². The lowest BCUT2D eigenvalue weighted by Crippen LogP contribution is -2.39. The van der Waals surface area contributed by atoms with Crippen LogP contribution in [0.2, 0.25) is 0 Å². The van der Waals surface area contributed by atoms with Crippen molar-refractivity contribution in [1.29, 1.82) is 0 Å². The van der Waals surface area contributed by atoms with Gasteiger partial charge in [0.2, 0.25) is 0 Å². The maximum Gasteiger partial charge on any atom is 0.138 e. The van der Waals surface area contributed by atoms with Gasteiger partial charge in [0.25, 0.3) is 0 Å². The van der Waals surface area contributed by atoms with Crippen LogP contribution >= 0.6 is 0 Å². The number of benzene rings is 2. The van der Waals surface area contributed by atoms with Gasteiger partial charge in [-0.05, 0) is 61.7 Å². The Bertz CT molecular complexity index is 843. The van der Waals surface area contributed by atoms with Gasteiger partial charge in [-0.15, -0.1) is 0 Å². The van der Waals surface area contributed by atoms with Gasteiger partial charge in [0.05, 0.1) is 11.8 Å². The lowest BCUT2D eigenvalue weighted by atomic mass is 9.96. The molecule has 0 radical (unpaired) electrons. The van der Waals surface area contributed by atoms with E-state index in [9.17, 15) is 5.11 Å². The molecule has 0 bridgehead atoms. The van der Waals surface area contributed by atoms with E-state index in [0.29, 0.717) is 5.92 Å². The second-order valence-electron chi connectivity index (χ2n) is 7.81. The maximum atomic E-state index is 10.4. The second kappa shape index (κ2) is 9.78. The van der Waals surface area contributed by atoms with Crippen molar-refractivity contribution in [2.75, 3.05) is 26.2 Å². The first-order chi connectivity index (χ1) is 14.3. The van der Waals surface area contributed by atoms with Crippen molar-refractivity contribution in [3.63, 3.8) is 0 Å². The Morgan fingerprint density at radius 1 is 1.03 bits per heavy atom. The Morgan fingerprint density at radius 2 is 1.79 bits per heavy atom. The number of aliphatic hydroxyl groups excluding tert-OH is 1. The molecule has 1 atom stereocenters. The minimum atomic E-state index is -0.397. The van der Waals surface area contributed by atoms with Crippen LogP contribution in [0.25, 0.3) is 5.69 Å². The molecule has 29 heavy (non-hydrogen) atoms. The molecule has 4 rings (SSSR count). The monoisotopic (exact) mass is 391 g/mol. The highest BCUT2D eigenvalue weighted by Crippen LogP contribution is 2.20. The van der Waals surface area contributed by atoms with Crippen molar-refractivity contribution < 1.29 is 5.11 Å². The summed E-state index contributed by atoms with van der Waals surface area (Å²) in [7, 11) is 0. The smallest absolute Gasteiger partial charge is 0.138 e. The number of aromatic nitrogens is 3. The Hall–Kier alpha value is -2.54. The van der Waals surface area contributed by atoms with Gasteiger partial charge >= 0.3 is 0 Å². The molecule has 1 fully saturated rings. The normalized spacial score (nSPS) is 16.7. The third-order valence-corrected chi connectivity index (χ3v) is 5.70. The molecule has 1 aromatic heterocycles. The van der Waals surface area contributed by atoms with Crippen molar-refractivity contribution in [3.05, 3.63) is 78.4 Å². The predicted molar refractivity (Wildman–Crippen MR) is 114 cm³/mol. The lowest BCUT2D eigenvalue weighted by molar-refractivity contribution is 0.0891. The highest BCUT2D eigenvalue weighted by atomic mass is 16.3. The van der Waals surface area contributed by atoms with Gasteiger partial charge in [-0.3, -0.25) is 0 Å². The zero-order chi connectivity index (χ0) is 19.9. The fourth-order valence-electron chi connectivity index (χ4n) is 3.93. The summed E-state index contributed by atoms with van der Waals surface area (Å²) in [6.07, 6.45) is 5.22. The fourth-order valence-corrected chi connectivity index (χ4v) is 3.93. The van der Waals surface area contributed by atoms with E-state index in [-0.39, 0.29) is 0 Å². The number of aliphatic hydroxyl groups is 1. The van der Waals surface area contributed by atoms with Crippen LogP contribution in [0, 0.1) is 5.92 Å². The molecule has 1 aliphatic heterocycles. The van der Waals surface area contributed by atoms with Gasteiger partial charge in [0, 0.05) is 13.1 Å². The lowest BCUT2D eigenvalue weighted by Gasteiger charge is -2.33. The van der Waals surface area contributed by atoms with Crippen molar-refractivity contribution >= 4 is 0 Å². The van der Waals surface area contributed by atoms with E-state index in [0.717, 1.165) is 44.0 Å². The molecule has 6 nitrogen and oxygen atoms in total. The quantitative estimate of drug-likeness (QED) is 0.618. The standard InChI is InChI=1S/C23H29N5O/c29-23(21-4-2-1-3-5-21)16-27-12-10-20(11-13-27)15-24-14-19-6-8-22(9-7-19)28-18-25-17-26-28/h1-9,17-18,20,23-24,29H,10-16H2. The zero-order valence-electron chi connectivity index (χ0n) is 16.7. The first-order valence-electron chi connectivity index (χ1n) is 10.4. The molecule has 6 heteroatoms. The average Bonchev–Trinajstić information content (AvgIpc) is 3.31. The Labute approximate surface area is 172 Å². The molecule has 3 aromatic rings. The van der Waals surface area contributed by atoms with Crippen LogP contribution in [-0.4, -0.2) is 50.9 Å². The van der Waals surface area contributed by atoms with E-state index >= 15 is 0 Å². The summed E-state index contributed by atoms with van der Waals surface area (Å²) in [5.74, 6) is 0.703. The van der Waals surface area contributed by atoms with Crippen molar-refractivity contribution in [2.24, 2.45) is 5.92 Å². The zero-order valence-corrected chi connectivity index (χ0v) is 16.7. The number of nitrogens with one attached hydrogen (secondary N) is 1. The van der Waals surface area contributed by atoms with Crippen LogP contribution in [0.15, 0.2) is 67.3 Å². The van der Waals surface area contributed by atoms with E-state index in [1.54, 1.807) is 17.3 Å². The minimum Gasteiger partial charge on any atom is -0.387 e. The topological polar surface area (TPSA) is 66.2 Å². The first-order valence-corrected chi connectivity index (χ1v) is 10.4. The molecule has 1 saturated heterocycles. The molecule has 2 aromatic carbocycles. The Kier molecular flexibility index (Phi) is 6.67. The van der Waals surface area contributed by atoms with Crippen molar-refractivity contribution in [3.8, 4) is 5.69 Å². The van der Waals surface area contributed by atoms with Crippen LogP contribution in [0.3, 0.4) is 0 Å². The van der Waals surface area contributed by atoms with Gasteiger partial charge in [-0.1, -0.05) is 42.5 Å². The molecule has 1 unspecified atom stereocenters. The van der Waals surface area contributed by atoms with Crippen molar-refractivity contribution in [1.82, 2.24) is 25.0 Å². The van der Waals surface area contributed by atoms with E-state index in [1.165, 1.54) is 18.4 Å². The second-order valence-corrected chi connectivity index (χ2v) is 7.81. The largest absolute Gasteiger partial charge is 0.387 e. The van der Waals surface area contributed by atoms with Gasteiger partial charge in [-0.25, -0.2) is 9.67 Å². The number of rotatable bonds is 8.